The van der Waals surface area contributed by atoms with E-state index < -0.39 is 0 Å². The number of rotatable bonds is 0. The van der Waals surface area contributed by atoms with E-state index in [1.54, 1.807) is 0 Å². The van der Waals surface area contributed by atoms with Gasteiger partial charge in [0.15, 0.2) is 0 Å². The van der Waals surface area contributed by atoms with E-state index in [4.69, 9.17) is 4.74 Å². The van der Waals surface area contributed by atoms with Gasteiger partial charge < -0.3 is 4.74 Å². The molecule has 0 aliphatic carbocycles. The summed E-state index contributed by atoms with van der Waals surface area (Å²) in [4.78, 5) is 1.04. The summed E-state index contributed by atoms with van der Waals surface area (Å²) >= 11 is 6.86. The number of ether oxygens (including phenoxy) is 1. The van der Waals surface area contributed by atoms with Crippen molar-refractivity contribution in [1.29, 1.82) is 0 Å². The zero-order valence-electron chi connectivity index (χ0n) is 3.73. The van der Waals surface area contributed by atoms with Gasteiger partial charge in [0.05, 0.1) is 22.9 Å². The fourth-order valence-corrected chi connectivity index (χ4v) is 1.18. The molecule has 0 aromatic heterocycles. The SMILES string of the molecule is BrC1COCC1Br. The van der Waals surface area contributed by atoms with Crippen molar-refractivity contribution in [2.75, 3.05) is 13.2 Å². The molecule has 0 spiro atoms. The molecule has 0 bridgehead atoms. The second kappa shape index (κ2) is 2.46. The van der Waals surface area contributed by atoms with Crippen molar-refractivity contribution in [3.63, 3.8) is 0 Å². The first-order valence-corrected chi connectivity index (χ1v) is 3.99. The van der Waals surface area contributed by atoms with Gasteiger partial charge in [-0.3, -0.25) is 0 Å². The van der Waals surface area contributed by atoms with Crippen LogP contribution in [0.3, 0.4) is 0 Å². The zero-order valence-corrected chi connectivity index (χ0v) is 6.91. The Labute approximate surface area is 59.7 Å². The molecular formula is C4H6Br2O. The lowest BCUT2D eigenvalue weighted by Crippen LogP contribution is -2.08. The van der Waals surface area contributed by atoms with Crippen LogP contribution in [0.2, 0.25) is 0 Å². The Hall–Kier alpha value is 0.920. The van der Waals surface area contributed by atoms with Gasteiger partial charge in [-0.2, -0.15) is 0 Å². The maximum atomic E-state index is 5.08. The highest BCUT2D eigenvalue weighted by Crippen LogP contribution is 2.20. The van der Waals surface area contributed by atoms with E-state index in [1.807, 2.05) is 0 Å². The van der Waals surface area contributed by atoms with E-state index in [-0.39, 0.29) is 0 Å². The van der Waals surface area contributed by atoms with E-state index in [1.165, 1.54) is 0 Å². The van der Waals surface area contributed by atoms with Crippen molar-refractivity contribution in [3.05, 3.63) is 0 Å². The molecule has 1 aliphatic rings. The lowest BCUT2D eigenvalue weighted by Gasteiger charge is -1.97. The minimum atomic E-state index is 0.521. The molecule has 3 heteroatoms. The molecule has 0 aromatic carbocycles. The van der Waals surface area contributed by atoms with Gasteiger partial charge in [-0.1, -0.05) is 31.9 Å². The lowest BCUT2D eigenvalue weighted by molar-refractivity contribution is 0.201. The standard InChI is InChI=1S/C4H6Br2O/c5-3-1-7-2-4(3)6/h3-4H,1-2H2. The minimum absolute atomic E-state index is 0.521. The fourth-order valence-electron chi connectivity index (χ4n) is 0.502. The van der Waals surface area contributed by atoms with Gasteiger partial charge in [0.2, 0.25) is 0 Å². The molecule has 2 unspecified atom stereocenters. The first kappa shape index (κ1) is 6.05. The first-order valence-electron chi connectivity index (χ1n) is 2.16. The Morgan fingerprint density at radius 3 is 1.71 bits per heavy atom. The molecule has 0 amide bonds. The second-order valence-corrected chi connectivity index (χ2v) is 3.92. The highest BCUT2D eigenvalue weighted by molar-refractivity contribution is 9.12. The van der Waals surface area contributed by atoms with Crippen LogP contribution in [0.5, 0.6) is 0 Å². The zero-order chi connectivity index (χ0) is 5.28. The van der Waals surface area contributed by atoms with Crippen molar-refractivity contribution >= 4 is 31.9 Å². The average molecular weight is 230 g/mol. The Balaban J connectivity index is 2.33. The van der Waals surface area contributed by atoms with Crippen LogP contribution in [-0.4, -0.2) is 22.9 Å². The van der Waals surface area contributed by atoms with Crippen molar-refractivity contribution < 1.29 is 4.74 Å². The first-order chi connectivity index (χ1) is 3.30. The van der Waals surface area contributed by atoms with Gasteiger partial charge >= 0.3 is 0 Å². The number of halogens is 2. The van der Waals surface area contributed by atoms with Gasteiger partial charge in [-0.25, -0.2) is 0 Å². The predicted octanol–water partition coefficient (Wildman–Crippen LogP) is 1.54. The van der Waals surface area contributed by atoms with Crippen LogP contribution < -0.4 is 0 Å². The van der Waals surface area contributed by atoms with E-state index >= 15 is 0 Å². The summed E-state index contributed by atoms with van der Waals surface area (Å²) in [7, 11) is 0. The summed E-state index contributed by atoms with van der Waals surface area (Å²) in [6.45, 7) is 1.69. The van der Waals surface area contributed by atoms with Crippen LogP contribution in [0, 0.1) is 0 Å². The number of alkyl halides is 2. The van der Waals surface area contributed by atoms with Crippen LogP contribution in [0.25, 0.3) is 0 Å². The molecule has 1 saturated heterocycles. The predicted molar refractivity (Wildman–Crippen MR) is 36.2 cm³/mol. The van der Waals surface area contributed by atoms with Crippen molar-refractivity contribution in [2.24, 2.45) is 0 Å². The van der Waals surface area contributed by atoms with Crippen LogP contribution >= 0.6 is 31.9 Å². The largest absolute Gasteiger partial charge is 0.379 e. The summed E-state index contributed by atoms with van der Waals surface area (Å²) in [5.41, 5.74) is 0. The van der Waals surface area contributed by atoms with Crippen LogP contribution in [-0.2, 0) is 4.74 Å². The Morgan fingerprint density at radius 2 is 1.57 bits per heavy atom. The maximum absolute atomic E-state index is 5.08. The van der Waals surface area contributed by atoms with Gasteiger partial charge in [0.25, 0.3) is 0 Å². The number of hydrogen-bond donors (Lipinski definition) is 0. The van der Waals surface area contributed by atoms with E-state index in [0.29, 0.717) is 9.65 Å². The third-order valence-corrected chi connectivity index (χ3v) is 3.46. The molecule has 1 aliphatic heterocycles. The Morgan fingerprint density at radius 1 is 1.14 bits per heavy atom. The smallest absolute Gasteiger partial charge is 0.0603 e. The lowest BCUT2D eigenvalue weighted by atomic mass is 10.4. The molecule has 1 nitrogen and oxygen atoms in total. The normalized spacial score (nSPS) is 42.0. The molecule has 1 heterocycles. The summed E-state index contributed by atoms with van der Waals surface area (Å²) in [5, 5.41) is 0. The fraction of sp³-hybridized carbons (Fsp3) is 1.00. The Kier molecular flexibility index (Phi) is 2.13. The second-order valence-electron chi connectivity index (χ2n) is 1.57. The van der Waals surface area contributed by atoms with Gasteiger partial charge in [0, 0.05) is 0 Å². The minimum Gasteiger partial charge on any atom is -0.379 e. The quantitative estimate of drug-likeness (QED) is 0.573. The van der Waals surface area contributed by atoms with Gasteiger partial charge in [0.1, 0.15) is 0 Å². The van der Waals surface area contributed by atoms with Crippen molar-refractivity contribution in [2.45, 2.75) is 9.65 Å². The van der Waals surface area contributed by atoms with Crippen LogP contribution in [0.15, 0.2) is 0 Å². The van der Waals surface area contributed by atoms with Crippen molar-refractivity contribution in [3.8, 4) is 0 Å². The highest BCUT2D eigenvalue weighted by atomic mass is 79.9. The topological polar surface area (TPSA) is 9.23 Å². The van der Waals surface area contributed by atoms with Crippen molar-refractivity contribution in [1.82, 2.24) is 0 Å². The average Bonchev–Trinajstić information content (AvgIpc) is 1.91. The molecule has 1 fully saturated rings. The van der Waals surface area contributed by atoms with Gasteiger partial charge in [-0.15, -0.1) is 0 Å². The number of hydrogen-bond acceptors (Lipinski definition) is 1. The monoisotopic (exact) mass is 228 g/mol. The third kappa shape index (κ3) is 1.40. The summed E-state index contributed by atoms with van der Waals surface area (Å²) in [6, 6.07) is 0. The van der Waals surface area contributed by atoms with E-state index in [0.717, 1.165) is 13.2 Å². The molecule has 7 heavy (non-hydrogen) atoms. The van der Waals surface area contributed by atoms with Crippen LogP contribution in [0.4, 0.5) is 0 Å². The molecular weight excluding hydrogens is 224 g/mol. The van der Waals surface area contributed by atoms with Gasteiger partial charge in [-0.05, 0) is 0 Å². The summed E-state index contributed by atoms with van der Waals surface area (Å²) in [6.07, 6.45) is 0. The molecule has 42 valence electrons. The summed E-state index contributed by atoms with van der Waals surface area (Å²) in [5.74, 6) is 0. The molecule has 1 rings (SSSR count). The molecule has 0 aromatic rings. The van der Waals surface area contributed by atoms with Crippen LogP contribution in [0.1, 0.15) is 0 Å². The Bertz CT molecular complexity index is 58.7. The highest BCUT2D eigenvalue weighted by Gasteiger charge is 2.22. The molecule has 0 saturated carbocycles. The molecule has 0 N–H and O–H groups in total. The molecule has 2 atom stereocenters. The maximum Gasteiger partial charge on any atom is 0.0603 e. The van der Waals surface area contributed by atoms with E-state index in [9.17, 15) is 0 Å². The molecule has 0 radical (unpaired) electrons. The van der Waals surface area contributed by atoms with E-state index in [2.05, 4.69) is 31.9 Å². The third-order valence-electron chi connectivity index (χ3n) is 0.947. The summed E-state index contributed by atoms with van der Waals surface area (Å²) < 4.78 is 5.08.